The molecule has 1 aliphatic rings. The van der Waals surface area contributed by atoms with Gasteiger partial charge in [0.2, 0.25) is 0 Å². The minimum atomic E-state index is -0.273. The Labute approximate surface area is 153 Å². The molecule has 1 atom stereocenters. The summed E-state index contributed by atoms with van der Waals surface area (Å²) in [5, 5.41) is 3.33. The smallest absolute Gasteiger partial charge is 0.274 e. The fraction of sp³-hybridized carbons (Fsp3) is 0.421. The number of para-hydroxylation sites is 1. The number of carbonyl (C=O) groups is 1. The molecule has 2 heterocycles. The van der Waals surface area contributed by atoms with Gasteiger partial charge >= 0.3 is 0 Å². The Kier molecular flexibility index (Phi) is 5.53. The number of hydrogen-bond donors (Lipinski definition) is 1. The quantitative estimate of drug-likeness (QED) is 0.876. The number of nitrogens with zero attached hydrogens (tertiary/aromatic N) is 3. The zero-order valence-electron chi connectivity index (χ0n) is 14.6. The summed E-state index contributed by atoms with van der Waals surface area (Å²) in [5.41, 5.74) is 0.944. The van der Waals surface area contributed by atoms with Gasteiger partial charge in [0, 0.05) is 18.7 Å². The number of piperidine rings is 1. The van der Waals surface area contributed by atoms with E-state index in [9.17, 15) is 4.79 Å². The van der Waals surface area contributed by atoms with Gasteiger partial charge < -0.3 is 10.2 Å². The van der Waals surface area contributed by atoms with E-state index in [1.54, 1.807) is 18.2 Å². The highest BCUT2D eigenvalue weighted by molar-refractivity contribution is 6.33. The highest BCUT2D eigenvalue weighted by Crippen LogP contribution is 2.26. The lowest BCUT2D eigenvalue weighted by atomic mass is 10.00. The Morgan fingerprint density at radius 3 is 2.88 bits per heavy atom. The number of amides is 1. The third-order valence-corrected chi connectivity index (χ3v) is 4.90. The fourth-order valence-corrected chi connectivity index (χ4v) is 3.47. The lowest BCUT2D eigenvalue weighted by molar-refractivity contribution is 0.102. The summed E-state index contributed by atoms with van der Waals surface area (Å²) < 4.78 is 0. The van der Waals surface area contributed by atoms with E-state index >= 15 is 0 Å². The molecule has 1 aromatic heterocycles. The lowest BCUT2D eigenvalue weighted by Gasteiger charge is -2.36. The Bertz CT molecular complexity index is 765. The molecule has 2 aromatic rings. The number of benzene rings is 1. The van der Waals surface area contributed by atoms with Gasteiger partial charge in [-0.3, -0.25) is 4.79 Å². The minimum Gasteiger partial charge on any atom is -0.354 e. The first kappa shape index (κ1) is 17.7. The molecule has 0 radical (unpaired) electrons. The van der Waals surface area contributed by atoms with Gasteiger partial charge in [0.05, 0.1) is 10.7 Å². The van der Waals surface area contributed by atoms with E-state index in [-0.39, 0.29) is 5.91 Å². The van der Waals surface area contributed by atoms with E-state index in [0.717, 1.165) is 25.2 Å². The summed E-state index contributed by atoms with van der Waals surface area (Å²) in [6.45, 7) is 4.99. The number of aryl methyl sites for hydroxylation is 1. The van der Waals surface area contributed by atoms with Gasteiger partial charge in [-0.05, 0) is 44.7 Å². The van der Waals surface area contributed by atoms with Gasteiger partial charge in [-0.1, -0.05) is 30.7 Å². The van der Waals surface area contributed by atoms with Crippen molar-refractivity contribution in [3.8, 4) is 0 Å². The zero-order chi connectivity index (χ0) is 17.8. The predicted octanol–water partition coefficient (Wildman–Crippen LogP) is 4.46. The molecule has 1 fully saturated rings. The molecule has 25 heavy (non-hydrogen) atoms. The largest absolute Gasteiger partial charge is 0.354 e. The normalized spacial score (nSPS) is 17.4. The molecule has 0 saturated carbocycles. The number of halogens is 1. The average molecular weight is 359 g/mol. The molecule has 1 N–H and O–H groups in total. The topological polar surface area (TPSA) is 58.1 Å². The van der Waals surface area contributed by atoms with Crippen molar-refractivity contribution in [3.05, 3.63) is 46.9 Å². The molecule has 1 saturated heterocycles. The van der Waals surface area contributed by atoms with Crippen molar-refractivity contribution in [2.24, 2.45) is 0 Å². The molecule has 1 unspecified atom stereocenters. The van der Waals surface area contributed by atoms with Crippen LogP contribution in [0, 0.1) is 6.92 Å². The maximum absolute atomic E-state index is 12.6. The first-order valence-corrected chi connectivity index (χ1v) is 9.14. The fourth-order valence-electron chi connectivity index (χ4n) is 3.29. The van der Waals surface area contributed by atoms with E-state index < -0.39 is 0 Å². The molecule has 3 rings (SSSR count). The van der Waals surface area contributed by atoms with Gasteiger partial charge in [0.25, 0.3) is 5.91 Å². The second-order valence-corrected chi connectivity index (χ2v) is 6.75. The molecule has 5 nitrogen and oxygen atoms in total. The highest BCUT2D eigenvalue weighted by atomic mass is 35.5. The highest BCUT2D eigenvalue weighted by Gasteiger charge is 2.23. The molecule has 0 bridgehead atoms. The van der Waals surface area contributed by atoms with Crippen molar-refractivity contribution in [2.45, 2.75) is 45.6 Å². The van der Waals surface area contributed by atoms with Crippen molar-refractivity contribution in [2.75, 3.05) is 16.8 Å². The van der Waals surface area contributed by atoms with Crippen LogP contribution >= 0.6 is 11.6 Å². The van der Waals surface area contributed by atoms with Crippen LogP contribution in [0.4, 0.5) is 11.5 Å². The van der Waals surface area contributed by atoms with Crippen LogP contribution in [-0.2, 0) is 0 Å². The van der Waals surface area contributed by atoms with E-state index in [2.05, 4.69) is 27.1 Å². The molecule has 6 heteroatoms. The maximum atomic E-state index is 12.6. The van der Waals surface area contributed by atoms with Crippen molar-refractivity contribution < 1.29 is 4.79 Å². The van der Waals surface area contributed by atoms with Crippen LogP contribution in [0.1, 0.15) is 48.9 Å². The van der Waals surface area contributed by atoms with Crippen LogP contribution in [-0.4, -0.2) is 28.5 Å². The van der Waals surface area contributed by atoms with Crippen LogP contribution in [0.25, 0.3) is 0 Å². The summed E-state index contributed by atoms with van der Waals surface area (Å²) >= 11 is 6.12. The summed E-state index contributed by atoms with van der Waals surface area (Å²) in [6.07, 6.45) is 4.64. The SMILES string of the molecule is CCC1CCCCN1c1cc(C(=O)Nc2ccccc2Cl)nc(C)n1. The number of anilines is 2. The Hall–Kier alpha value is -2.14. The molecule has 0 aliphatic carbocycles. The molecular formula is C19H23ClN4O. The third-order valence-electron chi connectivity index (χ3n) is 4.57. The minimum absolute atomic E-state index is 0.273. The van der Waals surface area contributed by atoms with E-state index in [0.29, 0.717) is 28.3 Å². The number of rotatable bonds is 4. The summed E-state index contributed by atoms with van der Waals surface area (Å²) in [4.78, 5) is 23.8. The molecule has 0 spiro atoms. The Morgan fingerprint density at radius 2 is 2.12 bits per heavy atom. The first-order valence-electron chi connectivity index (χ1n) is 8.76. The van der Waals surface area contributed by atoms with Gasteiger partial charge in [-0.25, -0.2) is 9.97 Å². The van der Waals surface area contributed by atoms with Crippen LogP contribution in [0.3, 0.4) is 0 Å². The molecule has 132 valence electrons. The summed E-state index contributed by atoms with van der Waals surface area (Å²) in [5.74, 6) is 1.16. The van der Waals surface area contributed by atoms with Crippen molar-refractivity contribution in [1.29, 1.82) is 0 Å². The third kappa shape index (κ3) is 4.10. The van der Waals surface area contributed by atoms with Crippen molar-refractivity contribution in [1.82, 2.24) is 9.97 Å². The van der Waals surface area contributed by atoms with Crippen LogP contribution in [0.15, 0.2) is 30.3 Å². The van der Waals surface area contributed by atoms with Gasteiger partial charge in [0.1, 0.15) is 17.3 Å². The van der Waals surface area contributed by atoms with E-state index in [1.165, 1.54) is 12.8 Å². The lowest BCUT2D eigenvalue weighted by Crippen LogP contribution is -2.40. The van der Waals surface area contributed by atoms with Crippen LogP contribution in [0.5, 0.6) is 0 Å². The summed E-state index contributed by atoms with van der Waals surface area (Å²) in [6, 6.07) is 9.43. The van der Waals surface area contributed by atoms with E-state index in [1.807, 2.05) is 19.1 Å². The van der Waals surface area contributed by atoms with E-state index in [4.69, 9.17) is 11.6 Å². The predicted molar refractivity (Wildman–Crippen MR) is 101 cm³/mol. The van der Waals surface area contributed by atoms with Crippen LogP contribution in [0.2, 0.25) is 5.02 Å². The van der Waals surface area contributed by atoms with Crippen molar-refractivity contribution >= 4 is 29.0 Å². The standard InChI is InChI=1S/C19H23ClN4O/c1-3-14-8-6-7-11-24(14)18-12-17(21-13(2)22-18)19(25)23-16-10-5-4-9-15(16)20/h4-5,9-10,12,14H,3,6-8,11H2,1-2H3,(H,23,25). The van der Waals surface area contributed by atoms with Gasteiger partial charge in [-0.2, -0.15) is 0 Å². The number of hydrogen-bond acceptors (Lipinski definition) is 4. The Morgan fingerprint density at radius 1 is 1.32 bits per heavy atom. The monoisotopic (exact) mass is 358 g/mol. The molecule has 1 aliphatic heterocycles. The molecule has 1 aromatic carbocycles. The average Bonchev–Trinajstić information content (AvgIpc) is 2.63. The Balaban J connectivity index is 1.86. The second-order valence-electron chi connectivity index (χ2n) is 6.34. The molecular weight excluding hydrogens is 336 g/mol. The number of aromatic nitrogens is 2. The summed E-state index contributed by atoms with van der Waals surface area (Å²) in [7, 11) is 0. The van der Waals surface area contributed by atoms with Gasteiger partial charge in [-0.15, -0.1) is 0 Å². The van der Waals surface area contributed by atoms with Gasteiger partial charge in [0.15, 0.2) is 0 Å². The first-order chi connectivity index (χ1) is 12.1. The molecule has 1 amide bonds. The number of carbonyl (C=O) groups excluding carboxylic acids is 1. The van der Waals surface area contributed by atoms with Crippen molar-refractivity contribution in [3.63, 3.8) is 0 Å². The number of nitrogens with one attached hydrogen (secondary N) is 1. The zero-order valence-corrected chi connectivity index (χ0v) is 15.4. The van der Waals surface area contributed by atoms with Crippen LogP contribution < -0.4 is 10.2 Å². The second kappa shape index (κ2) is 7.83. The maximum Gasteiger partial charge on any atom is 0.274 e.